The number of amides is 1. The maximum atomic E-state index is 11.8. The maximum absolute atomic E-state index is 11.8. The van der Waals surface area contributed by atoms with Gasteiger partial charge in [-0.05, 0) is 19.4 Å². The van der Waals surface area contributed by atoms with Crippen molar-refractivity contribution in [2.24, 2.45) is 5.92 Å². The Bertz CT molecular complexity index is 296. The second-order valence-electron chi connectivity index (χ2n) is 4.94. The fourth-order valence-electron chi connectivity index (χ4n) is 2.48. The van der Waals surface area contributed by atoms with Gasteiger partial charge in [-0.2, -0.15) is 5.26 Å². The molecule has 1 aliphatic rings. The molecule has 0 aliphatic heterocycles. The number of hydrogen-bond acceptors (Lipinski definition) is 3. The van der Waals surface area contributed by atoms with Gasteiger partial charge in [-0.15, -0.1) is 0 Å². The van der Waals surface area contributed by atoms with Crippen molar-refractivity contribution >= 4 is 5.91 Å². The Morgan fingerprint density at radius 2 is 2.00 bits per heavy atom. The Morgan fingerprint density at radius 3 is 2.53 bits per heavy atom. The number of nitriles is 1. The van der Waals surface area contributed by atoms with E-state index in [0.29, 0.717) is 6.54 Å². The molecule has 0 saturated heterocycles. The van der Waals surface area contributed by atoms with Gasteiger partial charge >= 0.3 is 0 Å². The summed E-state index contributed by atoms with van der Waals surface area (Å²) < 4.78 is 0. The molecule has 0 N–H and O–H groups in total. The summed E-state index contributed by atoms with van der Waals surface area (Å²) in [5.74, 6) is 0.216. The van der Waals surface area contributed by atoms with Gasteiger partial charge in [0.1, 0.15) is 0 Å². The maximum Gasteiger partial charge on any atom is 0.236 e. The van der Waals surface area contributed by atoms with Crippen molar-refractivity contribution in [2.75, 3.05) is 27.2 Å². The summed E-state index contributed by atoms with van der Waals surface area (Å²) >= 11 is 0. The molecule has 4 nitrogen and oxygen atoms in total. The third-order valence-electron chi connectivity index (χ3n) is 3.61. The van der Waals surface area contributed by atoms with Gasteiger partial charge in [0.2, 0.25) is 5.91 Å². The SMILES string of the molecule is CCN(CC(=O)N(C)C)C1CCCCC1C#N. The predicted octanol–water partition coefficient (Wildman–Crippen LogP) is 1.48. The Labute approximate surface area is 104 Å². The van der Waals surface area contributed by atoms with Gasteiger partial charge in [-0.25, -0.2) is 0 Å². The minimum absolute atomic E-state index is 0.0960. The zero-order valence-electron chi connectivity index (χ0n) is 11.1. The topological polar surface area (TPSA) is 47.3 Å². The van der Waals surface area contributed by atoms with Crippen LogP contribution in [-0.4, -0.2) is 48.9 Å². The normalized spacial score (nSPS) is 24.4. The van der Waals surface area contributed by atoms with E-state index in [-0.39, 0.29) is 17.9 Å². The third-order valence-corrected chi connectivity index (χ3v) is 3.61. The molecule has 4 heteroatoms. The highest BCUT2D eigenvalue weighted by Gasteiger charge is 2.30. The Morgan fingerprint density at radius 1 is 1.35 bits per heavy atom. The van der Waals surface area contributed by atoms with Gasteiger partial charge in [-0.1, -0.05) is 19.8 Å². The lowest BCUT2D eigenvalue weighted by Crippen LogP contribution is -2.46. The lowest BCUT2D eigenvalue weighted by atomic mass is 9.84. The molecular weight excluding hydrogens is 214 g/mol. The molecule has 0 radical (unpaired) electrons. The standard InChI is InChI=1S/C13H23N3O/c1-4-16(10-13(17)15(2)3)12-8-6-5-7-11(12)9-14/h11-12H,4-8,10H2,1-3H3. The Kier molecular flexibility index (Phi) is 5.43. The quantitative estimate of drug-likeness (QED) is 0.744. The van der Waals surface area contributed by atoms with Crippen LogP contribution in [0.1, 0.15) is 32.6 Å². The highest BCUT2D eigenvalue weighted by Crippen LogP contribution is 2.27. The number of hydrogen-bond donors (Lipinski definition) is 0. The molecule has 0 aromatic heterocycles. The zero-order chi connectivity index (χ0) is 12.8. The van der Waals surface area contributed by atoms with E-state index in [1.807, 2.05) is 0 Å². The first-order chi connectivity index (χ1) is 8.10. The van der Waals surface area contributed by atoms with Crippen LogP contribution >= 0.6 is 0 Å². The minimum Gasteiger partial charge on any atom is -0.348 e. The fraction of sp³-hybridized carbons (Fsp3) is 0.846. The molecule has 17 heavy (non-hydrogen) atoms. The molecule has 0 aromatic carbocycles. The van der Waals surface area contributed by atoms with Gasteiger partial charge in [0.15, 0.2) is 0 Å². The van der Waals surface area contributed by atoms with Gasteiger partial charge in [-0.3, -0.25) is 9.69 Å². The van der Waals surface area contributed by atoms with Crippen molar-refractivity contribution in [1.82, 2.24) is 9.80 Å². The summed E-state index contributed by atoms with van der Waals surface area (Å²) in [6, 6.07) is 2.67. The van der Waals surface area contributed by atoms with Crippen LogP contribution in [0.5, 0.6) is 0 Å². The molecule has 1 saturated carbocycles. The summed E-state index contributed by atoms with van der Waals surface area (Å²) in [5.41, 5.74) is 0. The van der Waals surface area contributed by atoms with Gasteiger partial charge in [0.25, 0.3) is 0 Å². The molecule has 1 fully saturated rings. The number of rotatable bonds is 4. The number of likely N-dealkylation sites (N-methyl/N-ethyl adjacent to an activating group) is 2. The molecule has 1 aliphatic carbocycles. The summed E-state index contributed by atoms with van der Waals surface area (Å²) in [4.78, 5) is 15.5. The van der Waals surface area contributed by atoms with Crippen molar-refractivity contribution in [2.45, 2.75) is 38.6 Å². The fourth-order valence-corrected chi connectivity index (χ4v) is 2.48. The zero-order valence-corrected chi connectivity index (χ0v) is 11.1. The largest absolute Gasteiger partial charge is 0.348 e. The molecule has 0 aromatic rings. The molecule has 0 heterocycles. The lowest BCUT2D eigenvalue weighted by Gasteiger charge is -2.36. The third kappa shape index (κ3) is 3.71. The summed E-state index contributed by atoms with van der Waals surface area (Å²) in [6.45, 7) is 3.33. The van der Waals surface area contributed by atoms with Crippen LogP contribution in [0.25, 0.3) is 0 Å². The average Bonchev–Trinajstić information content (AvgIpc) is 2.35. The monoisotopic (exact) mass is 237 g/mol. The second kappa shape index (κ2) is 6.61. The molecule has 2 unspecified atom stereocenters. The van der Waals surface area contributed by atoms with Crippen LogP contribution in [0.3, 0.4) is 0 Å². The van der Waals surface area contributed by atoms with Crippen molar-refractivity contribution in [3.05, 3.63) is 0 Å². The smallest absolute Gasteiger partial charge is 0.236 e. The van der Waals surface area contributed by atoms with Crippen molar-refractivity contribution in [3.63, 3.8) is 0 Å². The number of carbonyl (C=O) groups is 1. The van der Waals surface area contributed by atoms with Crippen LogP contribution in [0.15, 0.2) is 0 Å². The van der Waals surface area contributed by atoms with Crippen LogP contribution in [0, 0.1) is 17.2 Å². The van der Waals surface area contributed by atoms with E-state index in [0.717, 1.165) is 25.8 Å². The van der Waals surface area contributed by atoms with Crippen molar-refractivity contribution in [1.29, 1.82) is 5.26 Å². The Balaban J connectivity index is 2.65. The van der Waals surface area contributed by atoms with E-state index in [9.17, 15) is 10.1 Å². The van der Waals surface area contributed by atoms with E-state index in [1.54, 1.807) is 19.0 Å². The molecule has 0 spiro atoms. The van der Waals surface area contributed by atoms with E-state index in [4.69, 9.17) is 0 Å². The first kappa shape index (κ1) is 14.0. The van der Waals surface area contributed by atoms with Gasteiger partial charge in [0.05, 0.1) is 18.5 Å². The first-order valence-corrected chi connectivity index (χ1v) is 6.44. The molecule has 96 valence electrons. The summed E-state index contributed by atoms with van der Waals surface area (Å²) in [5, 5.41) is 9.18. The van der Waals surface area contributed by atoms with E-state index in [1.165, 1.54) is 6.42 Å². The second-order valence-corrected chi connectivity index (χ2v) is 4.94. The predicted molar refractivity (Wildman–Crippen MR) is 67.3 cm³/mol. The van der Waals surface area contributed by atoms with E-state index >= 15 is 0 Å². The van der Waals surface area contributed by atoms with Crippen LogP contribution in [0.2, 0.25) is 0 Å². The van der Waals surface area contributed by atoms with E-state index in [2.05, 4.69) is 17.9 Å². The van der Waals surface area contributed by atoms with Crippen LogP contribution in [0.4, 0.5) is 0 Å². The number of nitrogens with zero attached hydrogens (tertiary/aromatic N) is 3. The van der Waals surface area contributed by atoms with Crippen molar-refractivity contribution < 1.29 is 4.79 Å². The molecular formula is C13H23N3O. The first-order valence-electron chi connectivity index (χ1n) is 6.44. The van der Waals surface area contributed by atoms with E-state index < -0.39 is 0 Å². The van der Waals surface area contributed by atoms with Gasteiger partial charge < -0.3 is 4.90 Å². The highest BCUT2D eigenvalue weighted by atomic mass is 16.2. The van der Waals surface area contributed by atoms with Gasteiger partial charge in [0, 0.05) is 20.1 Å². The molecule has 1 amide bonds. The van der Waals surface area contributed by atoms with Crippen LogP contribution < -0.4 is 0 Å². The lowest BCUT2D eigenvalue weighted by molar-refractivity contribution is -0.130. The Hall–Kier alpha value is -1.08. The minimum atomic E-state index is 0.0960. The highest BCUT2D eigenvalue weighted by molar-refractivity contribution is 5.77. The number of carbonyl (C=O) groups excluding carboxylic acids is 1. The average molecular weight is 237 g/mol. The molecule has 0 bridgehead atoms. The summed E-state index contributed by atoms with van der Waals surface area (Å²) in [6.07, 6.45) is 4.35. The molecule has 1 rings (SSSR count). The molecule has 2 atom stereocenters. The van der Waals surface area contributed by atoms with Crippen molar-refractivity contribution in [3.8, 4) is 6.07 Å². The summed E-state index contributed by atoms with van der Waals surface area (Å²) in [7, 11) is 3.55. The van der Waals surface area contributed by atoms with Crippen LogP contribution in [-0.2, 0) is 4.79 Å².